The molecule has 3 rings (SSSR count). The average Bonchev–Trinajstić information content (AvgIpc) is 2.89. The standard InChI is InChI=1S/C14H10ClFN4O/c15-18-14(21)12-6-9(16)5-8-7-20(19-13(8)12)11-3-1-10(17)2-4-11/h1-7H,17H2,(H,18,21). The zero-order valence-electron chi connectivity index (χ0n) is 10.7. The number of anilines is 1. The van der Waals surface area contributed by atoms with Gasteiger partial charge in [-0.2, -0.15) is 5.10 Å². The van der Waals surface area contributed by atoms with Gasteiger partial charge in [0.1, 0.15) is 11.3 Å². The molecule has 3 aromatic rings. The first-order chi connectivity index (χ1) is 10.1. The first-order valence-corrected chi connectivity index (χ1v) is 6.42. The van der Waals surface area contributed by atoms with Gasteiger partial charge in [-0.1, -0.05) is 0 Å². The SMILES string of the molecule is Nc1ccc(-n2cc3cc(F)cc(C(=O)NCl)c3n2)cc1. The smallest absolute Gasteiger partial charge is 0.268 e. The van der Waals surface area contributed by atoms with Crippen molar-refractivity contribution in [2.75, 3.05) is 5.73 Å². The zero-order chi connectivity index (χ0) is 15.0. The Balaban J connectivity index is 2.19. The van der Waals surface area contributed by atoms with Gasteiger partial charge in [-0.15, -0.1) is 0 Å². The Morgan fingerprint density at radius 2 is 2.00 bits per heavy atom. The third-order valence-electron chi connectivity index (χ3n) is 3.06. The van der Waals surface area contributed by atoms with Crippen LogP contribution in [0.25, 0.3) is 16.6 Å². The summed E-state index contributed by atoms with van der Waals surface area (Å²) in [7, 11) is 0. The maximum Gasteiger partial charge on any atom is 0.268 e. The van der Waals surface area contributed by atoms with Crippen molar-refractivity contribution in [1.29, 1.82) is 0 Å². The third kappa shape index (κ3) is 2.41. The number of fused-ring (bicyclic) bond motifs is 1. The number of aromatic nitrogens is 2. The summed E-state index contributed by atoms with van der Waals surface area (Å²) in [6.07, 6.45) is 1.63. The normalized spacial score (nSPS) is 10.8. The molecule has 0 fully saturated rings. The number of rotatable bonds is 2. The van der Waals surface area contributed by atoms with Crippen molar-refractivity contribution in [1.82, 2.24) is 14.6 Å². The molecule has 7 heteroatoms. The zero-order valence-corrected chi connectivity index (χ0v) is 11.4. The lowest BCUT2D eigenvalue weighted by atomic mass is 10.1. The van der Waals surface area contributed by atoms with E-state index in [0.29, 0.717) is 16.6 Å². The molecule has 1 amide bonds. The second kappa shape index (κ2) is 5.06. The molecule has 5 nitrogen and oxygen atoms in total. The highest BCUT2D eigenvalue weighted by Crippen LogP contribution is 2.22. The topological polar surface area (TPSA) is 72.9 Å². The maximum absolute atomic E-state index is 13.6. The molecule has 1 heterocycles. The van der Waals surface area contributed by atoms with Gasteiger partial charge in [0, 0.05) is 29.0 Å². The summed E-state index contributed by atoms with van der Waals surface area (Å²) in [5.41, 5.74) is 7.46. The van der Waals surface area contributed by atoms with Gasteiger partial charge in [0.2, 0.25) is 0 Å². The van der Waals surface area contributed by atoms with Crippen molar-refractivity contribution < 1.29 is 9.18 Å². The molecule has 0 unspecified atom stereocenters. The second-order valence-electron chi connectivity index (χ2n) is 4.48. The summed E-state index contributed by atoms with van der Waals surface area (Å²) in [5, 5.41) is 4.81. The van der Waals surface area contributed by atoms with Crippen LogP contribution in [0.4, 0.5) is 10.1 Å². The fraction of sp³-hybridized carbons (Fsp3) is 0. The molecule has 0 aliphatic carbocycles. The van der Waals surface area contributed by atoms with E-state index < -0.39 is 11.7 Å². The van der Waals surface area contributed by atoms with E-state index in [2.05, 4.69) is 5.10 Å². The lowest BCUT2D eigenvalue weighted by Gasteiger charge is -2.01. The van der Waals surface area contributed by atoms with Crippen molar-refractivity contribution in [2.24, 2.45) is 0 Å². The summed E-state index contributed by atoms with van der Waals surface area (Å²) in [4.78, 5) is 13.7. The molecule has 0 radical (unpaired) electrons. The number of nitrogens with two attached hydrogens (primary N) is 1. The highest BCUT2D eigenvalue weighted by molar-refractivity contribution is 6.25. The van der Waals surface area contributed by atoms with Crippen LogP contribution in [0.3, 0.4) is 0 Å². The van der Waals surface area contributed by atoms with Crippen LogP contribution in [-0.4, -0.2) is 15.7 Å². The predicted octanol–water partition coefficient (Wildman–Crippen LogP) is 2.63. The van der Waals surface area contributed by atoms with E-state index in [1.54, 1.807) is 35.1 Å². The number of carbonyl (C=O) groups excluding carboxylic acids is 1. The quantitative estimate of drug-likeness (QED) is 0.564. The number of benzene rings is 2. The second-order valence-corrected chi connectivity index (χ2v) is 4.67. The van der Waals surface area contributed by atoms with Gasteiger partial charge in [-0.05, 0) is 36.4 Å². The molecule has 1 aromatic heterocycles. The largest absolute Gasteiger partial charge is 0.399 e. The van der Waals surface area contributed by atoms with E-state index in [9.17, 15) is 9.18 Å². The fourth-order valence-electron chi connectivity index (χ4n) is 2.08. The Morgan fingerprint density at radius 3 is 2.67 bits per heavy atom. The van der Waals surface area contributed by atoms with E-state index in [1.807, 2.05) is 4.84 Å². The molecule has 3 N–H and O–H groups in total. The molecule has 0 spiro atoms. The van der Waals surface area contributed by atoms with E-state index in [1.165, 1.54) is 6.07 Å². The van der Waals surface area contributed by atoms with Crippen molar-refractivity contribution in [3.05, 3.63) is 54.0 Å². The molecule has 0 aliphatic heterocycles. The van der Waals surface area contributed by atoms with Gasteiger partial charge in [0.25, 0.3) is 5.91 Å². The molecule has 0 saturated carbocycles. The van der Waals surface area contributed by atoms with Crippen molar-refractivity contribution in [2.45, 2.75) is 0 Å². The molecule has 0 bridgehead atoms. The van der Waals surface area contributed by atoms with E-state index >= 15 is 0 Å². The number of nitrogens with zero attached hydrogens (tertiary/aromatic N) is 2. The van der Waals surface area contributed by atoms with Gasteiger partial charge >= 0.3 is 0 Å². The van der Waals surface area contributed by atoms with Crippen LogP contribution in [0.5, 0.6) is 0 Å². The van der Waals surface area contributed by atoms with Crippen LogP contribution in [0.15, 0.2) is 42.6 Å². The van der Waals surface area contributed by atoms with Crippen LogP contribution in [0.1, 0.15) is 10.4 Å². The minimum absolute atomic E-state index is 0.0780. The first-order valence-electron chi connectivity index (χ1n) is 6.04. The summed E-state index contributed by atoms with van der Waals surface area (Å²) in [5.74, 6) is -1.14. The predicted molar refractivity (Wildman–Crippen MR) is 78.8 cm³/mol. The van der Waals surface area contributed by atoms with Crippen LogP contribution in [0.2, 0.25) is 0 Å². The number of halogens is 2. The van der Waals surface area contributed by atoms with Gasteiger partial charge in [-0.25, -0.2) is 9.07 Å². The summed E-state index contributed by atoms with van der Waals surface area (Å²) < 4.78 is 15.1. The van der Waals surface area contributed by atoms with Gasteiger partial charge < -0.3 is 5.73 Å². The van der Waals surface area contributed by atoms with E-state index in [4.69, 9.17) is 17.5 Å². The first kappa shape index (κ1) is 13.4. The van der Waals surface area contributed by atoms with Gasteiger partial charge in [0.05, 0.1) is 11.3 Å². The number of nitrogen functional groups attached to an aromatic ring is 1. The molecule has 0 saturated heterocycles. The van der Waals surface area contributed by atoms with Crippen molar-refractivity contribution in [3.63, 3.8) is 0 Å². The summed E-state index contributed by atoms with van der Waals surface area (Å²) in [6, 6.07) is 9.42. The van der Waals surface area contributed by atoms with Crippen molar-refractivity contribution in [3.8, 4) is 5.69 Å². The average molecular weight is 305 g/mol. The lowest BCUT2D eigenvalue weighted by molar-refractivity contribution is 0.0983. The van der Waals surface area contributed by atoms with Crippen LogP contribution >= 0.6 is 11.8 Å². The summed E-state index contributed by atoms with van der Waals surface area (Å²) in [6.45, 7) is 0. The highest BCUT2D eigenvalue weighted by Gasteiger charge is 2.15. The molecular weight excluding hydrogens is 295 g/mol. The van der Waals surface area contributed by atoms with E-state index in [0.717, 1.165) is 11.8 Å². The van der Waals surface area contributed by atoms with Crippen molar-refractivity contribution >= 4 is 34.3 Å². The number of hydrogen-bond donors (Lipinski definition) is 2. The third-order valence-corrected chi connectivity index (χ3v) is 3.23. The Labute approximate surface area is 124 Å². The van der Waals surface area contributed by atoms with E-state index in [-0.39, 0.29) is 5.56 Å². The monoisotopic (exact) mass is 304 g/mol. The van der Waals surface area contributed by atoms with Gasteiger partial charge in [0.15, 0.2) is 0 Å². The Kier molecular flexibility index (Phi) is 3.23. The number of amides is 1. The molecule has 2 aromatic carbocycles. The van der Waals surface area contributed by atoms with Gasteiger partial charge in [-0.3, -0.25) is 9.63 Å². The fourth-order valence-corrected chi connectivity index (χ4v) is 2.18. The highest BCUT2D eigenvalue weighted by atomic mass is 35.5. The Hall–Kier alpha value is -2.60. The van der Waals surface area contributed by atoms with Crippen LogP contribution in [0, 0.1) is 5.82 Å². The number of hydrogen-bond acceptors (Lipinski definition) is 3. The lowest BCUT2D eigenvalue weighted by Crippen LogP contribution is -2.13. The van der Waals surface area contributed by atoms with Crippen LogP contribution < -0.4 is 10.6 Å². The Morgan fingerprint density at radius 1 is 1.29 bits per heavy atom. The minimum Gasteiger partial charge on any atom is -0.399 e. The minimum atomic E-state index is -0.608. The molecule has 0 aliphatic rings. The number of nitrogens with one attached hydrogen (secondary N) is 1. The molecule has 0 atom stereocenters. The molecule has 106 valence electrons. The summed E-state index contributed by atoms with van der Waals surface area (Å²) >= 11 is 5.31. The maximum atomic E-state index is 13.6. The molecule has 21 heavy (non-hydrogen) atoms. The Bertz CT molecular complexity index is 829. The van der Waals surface area contributed by atoms with Crippen LogP contribution in [-0.2, 0) is 0 Å². The number of carbonyl (C=O) groups is 1. The molecular formula is C14H10ClFN4O.